The maximum atomic E-state index is 13.4. The molecule has 210 valence electrons. The number of hydrogen-bond acceptors (Lipinski definition) is 7. The molecule has 0 aliphatic carbocycles. The molecule has 13 heteroatoms. The Morgan fingerprint density at radius 2 is 1.80 bits per heavy atom. The first-order valence-electron chi connectivity index (χ1n) is 12.3. The molecule has 0 bridgehead atoms. The molecule has 0 saturated carbocycles. The zero-order valence-corrected chi connectivity index (χ0v) is 22.1. The first-order chi connectivity index (χ1) is 19.4. The molecule has 4 aromatic rings. The Balaban J connectivity index is 1.39. The fraction of sp³-hybridized carbons (Fsp3) is 0.179. The zero-order chi connectivity index (χ0) is 29.5. The first kappa shape index (κ1) is 27.4. The van der Waals surface area contributed by atoms with E-state index in [1.165, 1.54) is 21.9 Å². The second-order valence-electron chi connectivity index (χ2n) is 9.47. The summed E-state index contributed by atoms with van der Waals surface area (Å²) >= 11 is 0. The van der Waals surface area contributed by atoms with Gasteiger partial charge in [0.2, 0.25) is 5.95 Å². The SMILES string of the molecule is Cc1ccc(Nc2ncc3c(n2)N(C)C(=O)N(c2cc(C(=O)Nc4cc(C(F)(F)F)ccc4O)ccc2C)C3)cn1. The summed E-state index contributed by atoms with van der Waals surface area (Å²) in [5, 5.41) is 15.4. The summed E-state index contributed by atoms with van der Waals surface area (Å²) in [5.74, 6) is -0.579. The molecule has 41 heavy (non-hydrogen) atoms. The Hall–Kier alpha value is -5.20. The highest BCUT2D eigenvalue weighted by molar-refractivity contribution is 6.08. The lowest BCUT2D eigenvalue weighted by Gasteiger charge is -2.35. The number of pyridine rings is 1. The van der Waals surface area contributed by atoms with Crippen LogP contribution in [0.25, 0.3) is 0 Å². The number of fused-ring (bicyclic) bond motifs is 1. The number of anilines is 5. The Bertz CT molecular complexity index is 1660. The quantitative estimate of drug-likeness (QED) is 0.263. The fourth-order valence-corrected chi connectivity index (χ4v) is 4.28. The summed E-state index contributed by atoms with van der Waals surface area (Å²) in [6, 6.07) is 10.1. The van der Waals surface area contributed by atoms with E-state index >= 15 is 0 Å². The number of phenols is 1. The van der Waals surface area contributed by atoms with Gasteiger partial charge in [0.15, 0.2) is 0 Å². The molecule has 5 rings (SSSR count). The number of carbonyl (C=O) groups excluding carboxylic acids is 2. The van der Waals surface area contributed by atoms with Crippen LogP contribution in [0, 0.1) is 13.8 Å². The maximum Gasteiger partial charge on any atom is 0.416 e. The number of aryl methyl sites for hydroxylation is 2. The zero-order valence-electron chi connectivity index (χ0n) is 22.1. The third-order valence-electron chi connectivity index (χ3n) is 6.51. The summed E-state index contributed by atoms with van der Waals surface area (Å²) in [4.78, 5) is 42.3. The van der Waals surface area contributed by atoms with Crippen molar-refractivity contribution < 1.29 is 27.9 Å². The van der Waals surface area contributed by atoms with Gasteiger partial charge in [0.05, 0.1) is 29.7 Å². The van der Waals surface area contributed by atoms with E-state index in [9.17, 15) is 27.9 Å². The molecule has 0 spiro atoms. The van der Waals surface area contributed by atoms with Gasteiger partial charge in [-0.25, -0.2) is 9.78 Å². The largest absolute Gasteiger partial charge is 0.506 e. The second-order valence-corrected chi connectivity index (χ2v) is 9.47. The molecule has 1 aliphatic rings. The van der Waals surface area contributed by atoms with E-state index in [1.54, 1.807) is 32.4 Å². The van der Waals surface area contributed by atoms with Gasteiger partial charge in [0, 0.05) is 35.8 Å². The number of phenolic OH excluding ortho intramolecular Hbond substituents is 1. The molecule has 2 aromatic carbocycles. The molecule has 3 heterocycles. The number of rotatable bonds is 5. The minimum atomic E-state index is -4.65. The van der Waals surface area contributed by atoms with Gasteiger partial charge in [-0.1, -0.05) is 6.07 Å². The first-order valence-corrected chi connectivity index (χ1v) is 12.3. The Morgan fingerprint density at radius 3 is 2.51 bits per heavy atom. The standard InChI is InChI=1S/C28H24F3N7O3/c1-15-4-6-17(25(40)35-21-11-19(28(29,30)31)7-9-23(21)39)10-22(15)38-14-18-12-33-26(36-24(18)37(3)27(38)41)34-20-8-5-16(2)32-13-20/h4-13,39H,14H2,1-3H3,(H,35,40)(H,33,34,36). The number of halogens is 3. The average Bonchev–Trinajstić information content (AvgIpc) is 2.93. The van der Waals surface area contributed by atoms with Crippen molar-refractivity contribution in [1.82, 2.24) is 15.0 Å². The van der Waals surface area contributed by atoms with Gasteiger partial charge in [0.25, 0.3) is 5.91 Å². The molecule has 10 nitrogen and oxygen atoms in total. The number of benzene rings is 2. The Labute approximate surface area is 232 Å². The van der Waals surface area contributed by atoms with Crippen molar-refractivity contribution in [1.29, 1.82) is 0 Å². The maximum absolute atomic E-state index is 13.4. The van der Waals surface area contributed by atoms with Crippen molar-refractivity contribution in [2.75, 3.05) is 27.5 Å². The summed E-state index contributed by atoms with van der Waals surface area (Å²) in [6.07, 6.45) is -1.40. The van der Waals surface area contributed by atoms with Crippen LogP contribution < -0.4 is 20.4 Å². The number of aromatic hydroxyl groups is 1. The number of urea groups is 1. The Kier molecular flexibility index (Phi) is 6.95. The summed E-state index contributed by atoms with van der Waals surface area (Å²) in [5.41, 5.74) is 1.96. The second kappa shape index (κ2) is 10.4. The van der Waals surface area contributed by atoms with Gasteiger partial charge >= 0.3 is 12.2 Å². The molecule has 0 fully saturated rings. The molecule has 3 amide bonds. The van der Waals surface area contributed by atoms with Gasteiger partial charge in [-0.3, -0.25) is 19.6 Å². The van der Waals surface area contributed by atoms with Gasteiger partial charge in [-0.15, -0.1) is 0 Å². The number of nitrogens with zero attached hydrogens (tertiary/aromatic N) is 5. The van der Waals surface area contributed by atoms with E-state index in [0.717, 1.165) is 11.8 Å². The molecular weight excluding hydrogens is 539 g/mol. The number of nitrogens with one attached hydrogen (secondary N) is 2. The van der Waals surface area contributed by atoms with Crippen molar-refractivity contribution in [2.24, 2.45) is 0 Å². The smallest absolute Gasteiger partial charge is 0.416 e. The van der Waals surface area contributed by atoms with E-state index in [-0.39, 0.29) is 18.1 Å². The fourth-order valence-electron chi connectivity index (χ4n) is 4.28. The van der Waals surface area contributed by atoms with Crippen molar-refractivity contribution >= 4 is 40.8 Å². The third kappa shape index (κ3) is 5.60. The minimum absolute atomic E-state index is 0.0752. The Morgan fingerprint density at radius 1 is 1.02 bits per heavy atom. The van der Waals surface area contributed by atoms with Crippen LogP contribution in [0.2, 0.25) is 0 Å². The molecule has 2 aromatic heterocycles. The molecule has 0 atom stereocenters. The number of alkyl halides is 3. The van der Waals surface area contributed by atoms with Gasteiger partial charge in [-0.05, 0) is 61.9 Å². The van der Waals surface area contributed by atoms with Crippen molar-refractivity contribution in [3.8, 4) is 5.75 Å². The van der Waals surface area contributed by atoms with Crippen molar-refractivity contribution in [3.63, 3.8) is 0 Å². The van der Waals surface area contributed by atoms with E-state index in [1.807, 2.05) is 19.1 Å². The summed E-state index contributed by atoms with van der Waals surface area (Å²) in [6.45, 7) is 3.75. The third-order valence-corrected chi connectivity index (χ3v) is 6.51. The predicted molar refractivity (Wildman–Crippen MR) is 147 cm³/mol. The highest BCUT2D eigenvalue weighted by Gasteiger charge is 2.33. The number of carbonyl (C=O) groups is 2. The van der Waals surface area contributed by atoms with E-state index in [4.69, 9.17) is 0 Å². The minimum Gasteiger partial charge on any atom is -0.506 e. The summed E-state index contributed by atoms with van der Waals surface area (Å²) < 4.78 is 39.4. The molecule has 3 N–H and O–H groups in total. The average molecular weight is 564 g/mol. The van der Waals surface area contributed by atoms with Crippen molar-refractivity contribution in [2.45, 2.75) is 26.6 Å². The highest BCUT2D eigenvalue weighted by Crippen LogP contribution is 2.36. The van der Waals surface area contributed by atoms with Crippen LogP contribution in [0.5, 0.6) is 5.75 Å². The van der Waals surface area contributed by atoms with Crippen LogP contribution in [-0.2, 0) is 12.7 Å². The van der Waals surface area contributed by atoms with Crippen molar-refractivity contribution in [3.05, 3.63) is 88.9 Å². The van der Waals surface area contributed by atoms with Crippen LogP contribution in [0.4, 0.5) is 46.8 Å². The monoisotopic (exact) mass is 563 g/mol. The van der Waals surface area contributed by atoms with E-state index in [0.29, 0.717) is 40.5 Å². The lowest BCUT2D eigenvalue weighted by molar-refractivity contribution is -0.137. The number of hydrogen-bond donors (Lipinski definition) is 3. The van der Waals surface area contributed by atoms with Crippen LogP contribution in [-0.4, -0.2) is 39.0 Å². The van der Waals surface area contributed by atoms with Crippen LogP contribution in [0.15, 0.2) is 60.9 Å². The molecule has 0 saturated heterocycles. The molecular formula is C28H24F3N7O3. The summed E-state index contributed by atoms with van der Waals surface area (Å²) in [7, 11) is 1.57. The van der Waals surface area contributed by atoms with Crippen LogP contribution in [0.3, 0.4) is 0 Å². The van der Waals surface area contributed by atoms with Gasteiger partial charge in [0.1, 0.15) is 11.6 Å². The van der Waals surface area contributed by atoms with Crippen LogP contribution >= 0.6 is 0 Å². The van der Waals surface area contributed by atoms with Gasteiger partial charge in [-0.2, -0.15) is 18.2 Å². The van der Waals surface area contributed by atoms with E-state index < -0.39 is 35.1 Å². The number of aromatic nitrogens is 3. The normalized spacial score (nSPS) is 13.2. The molecule has 0 unspecified atom stereocenters. The topological polar surface area (TPSA) is 124 Å². The lowest BCUT2D eigenvalue weighted by atomic mass is 10.1. The van der Waals surface area contributed by atoms with E-state index in [2.05, 4.69) is 25.6 Å². The predicted octanol–water partition coefficient (Wildman–Crippen LogP) is 5.79. The highest BCUT2D eigenvalue weighted by atomic mass is 19.4. The lowest BCUT2D eigenvalue weighted by Crippen LogP contribution is -2.46. The van der Waals surface area contributed by atoms with Gasteiger partial charge < -0.3 is 15.7 Å². The molecule has 0 radical (unpaired) electrons. The number of amides is 3. The van der Waals surface area contributed by atoms with Crippen LogP contribution in [0.1, 0.15) is 32.7 Å². The molecule has 1 aliphatic heterocycles.